The third-order valence-corrected chi connectivity index (χ3v) is 5.22. The highest BCUT2D eigenvalue weighted by Crippen LogP contribution is 2.44. The summed E-state index contributed by atoms with van der Waals surface area (Å²) >= 11 is 0. The summed E-state index contributed by atoms with van der Waals surface area (Å²) in [6, 6.07) is 0. The van der Waals surface area contributed by atoms with E-state index in [0.717, 1.165) is 6.92 Å². The molecule has 1 N–H and O–H groups in total. The molecule has 30 heavy (non-hydrogen) atoms. The molecule has 0 aromatic carbocycles. The number of aliphatic hydroxyl groups excluding tert-OH is 1. The largest absolute Gasteiger partial charge is 0.463 e. The second kappa shape index (κ2) is 8.36. The van der Waals surface area contributed by atoms with Gasteiger partial charge in [-0.25, -0.2) is 0 Å². The van der Waals surface area contributed by atoms with E-state index < -0.39 is 67.1 Å². The molecule has 0 aliphatic carbocycles. The van der Waals surface area contributed by atoms with Crippen molar-refractivity contribution in [3.8, 4) is 0 Å². The van der Waals surface area contributed by atoms with E-state index in [4.69, 9.17) is 37.9 Å². The van der Waals surface area contributed by atoms with Gasteiger partial charge in [0.1, 0.15) is 43.2 Å². The Morgan fingerprint density at radius 2 is 1.60 bits per heavy atom. The lowest BCUT2D eigenvalue weighted by molar-refractivity contribution is -0.323. The first-order valence-corrected chi connectivity index (χ1v) is 9.64. The zero-order valence-electron chi connectivity index (χ0n) is 16.6. The van der Waals surface area contributed by atoms with Crippen molar-refractivity contribution < 1.29 is 57.4 Å². The zero-order chi connectivity index (χ0) is 21.6. The minimum absolute atomic E-state index is 0.267. The second-order valence-corrected chi connectivity index (χ2v) is 7.53. The number of ether oxygens (including phenoxy) is 8. The molecule has 0 saturated carbocycles. The van der Waals surface area contributed by atoms with Gasteiger partial charge in [0.15, 0.2) is 24.8 Å². The lowest BCUT2D eigenvalue weighted by Gasteiger charge is -2.44. The highest BCUT2D eigenvalue weighted by molar-refractivity contribution is 5.67. The van der Waals surface area contributed by atoms with Crippen LogP contribution in [0.15, 0.2) is 0 Å². The Morgan fingerprint density at radius 3 is 2.27 bits per heavy atom. The number of carbonyl (C=O) groups excluding carboxylic acids is 3. The standard InChI is InChI=1S/C18H24O12/c1-6(19)23-4-9-11(22)13(25-7(2)20)15(26-8(3)21)18(27-9)30-12-10-5-24-17(28-10)16-14(12)29-16/h9-18,22H,4-5H2,1-3H3/t9?,10?,11-,12-,13?,14?,15?,16?,17-,18+/m1/s1. The van der Waals surface area contributed by atoms with Crippen molar-refractivity contribution in [3.05, 3.63) is 0 Å². The molecule has 4 aliphatic rings. The highest BCUT2D eigenvalue weighted by Gasteiger charge is 2.63. The monoisotopic (exact) mass is 432 g/mol. The van der Waals surface area contributed by atoms with Crippen LogP contribution in [0, 0.1) is 0 Å². The molecule has 0 aromatic heterocycles. The van der Waals surface area contributed by atoms with Crippen LogP contribution in [0.3, 0.4) is 0 Å². The van der Waals surface area contributed by atoms with Gasteiger partial charge in [0.05, 0.1) is 6.61 Å². The average molecular weight is 432 g/mol. The molecular weight excluding hydrogens is 408 g/mol. The SMILES string of the molecule is CC(=O)OCC1O[C@@H](O[C@@H]2C3CO[C@H](O3)C3OC32)C(OC(C)=O)C(OC(C)=O)[C@@H]1O. The second-order valence-electron chi connectivity index (χ2n) is 7.53. The van der Waals surface area contributed by atoms with Crippen LogP contribution >= 0.6 is 0 Å². The van der Waals surface area contributed by atoms with Gasteiger partial charge in [0, 0.05) is 20.8 Å². The van der Waals surface area contributed by atoms with E-state index in [1.54, 1.807) is 0 Å². The van der Waals surface area contributed by atoms with Crippen LogP contribution in [0.5, 0.6) is 0 Å². The smallest absolute Gasteiger partial charge is 0.303 e. The maximum atomic E-state index is 11.7. The van der Waals surface area contributed by atoms with Crippen LogP contribution in [0.2, 0.25) is 0 Å². The number of carbonyl (C=O) groups is 3. The molecule has 168 valence electrons. The summed E-state index contributed by atoms with van der Waals surface area (Å²) in [4.78, 5) is 34.5. The summed E-state index contributed by atoms with van der Waals surface area (Å²) < 4.78 is 44.0. The highest BCUT2D eigenvalue weighted by atomic mass is 16.8. The Kier molecular flexibility index (Phi) is 5.97. The van der Waals surface area contributed by atoms with Gasteiger partial charge in [-0.3, -0.25) is 14.4 Å². The Balaban J connectivity index is 1.55. The fourth-order valence-electron chi connectivity index (χ4n) is 3.92. The summed E-state index contributed by atoms with van der Waals surface area (Å²) in [5.41, 5.74) is 0. The predicted molar refractivity (Wildman–Crippen MR) is 90.6 cm³/mol. The molecule has 12 heteroatoms. The number of hydrogen-bond acceptors (Lipinski definition) is 12. The molecule has 10 atom stereocenters. The van der Waals surface area contributed by atoms with E-state index in [1.165, 1.54) is 13.8 Å². The van der Waals surface area contributed by atoms with Gasteiger partial charge in [-0.1, -0.05) is 0 Å². The number of hydrogen-bond donors (Lipinski definition) is 1. The molecule has 4 heterocycles. The molecule has 6 unspecified atom stereocenters. The molecule has 2 bridgehead atoms. The molecule has 4 rings (SSSR count). The Hall–Kier alpha value is -1.83. The summed E-state index contributed by atoms with van der Waals surface area (Å²) in [7, 11) is 0. The van der Waals surface area contributed by atoms with Crippen molar-refractivity contribution in [2.45, 2.75) is 82.2 Å². The van der Waals surface area contributed by atoms with Gasteiger partial charge in [-0.05, 0) is 0 Å². The molecule has 0 amide bonds. The van der Waals surface area contributed by atoms with Crippen LogP contribution < -0.4 is 0 Å². The number of aliphatic hydroxyl groups is 1. The van der Waals surface area contributed by atoms with Crippen molar-refractivity contribution in [2.75, 3.05) is 13.2 Å². The minimum atomic E-state index is -1.44. The third kappa shape index (κ3) is 4.29. The maximum Gasteiger partial charge on any atom is 0.303 e. The molecular formula is C18H24O12. The first-order valence-electron chi connectivity index (χ1n) is 9.64. The number of epoxide rings is 1. The molecule has 0 spiro atoms. The average Bonchev–Trinajstić information content (AvgIpc) is 3.34. The van der Waals surface area contributed by atoms with E-state index in [9.17, 15) is 19.5 Å². The van der Waals surface area contributed by atoms with Crippen molar-refractivity contribution in [2.24, 2.45) is 0 Å². The lowest BCUT2D eigenvalue weighted by atomic mass is 9.98. The van der Waals surface area contributed by atoms with E-state index in [1.807, 2.05) is 0 Å². The van der Waals surface area contributed by atoms with E-state index in [2.05, 4.69) is 0 Å². The van der Waals surface area contributed by atoms with Crippen LogP contribution in [0.25, 0.3) is 0 Å². The molecule has 12 nitrogen and oxygen atoms in total. The van der Waals surface area contributed by atoms with Gasteiger partial charge >= 0.3 is 17.9 Å². The van der Waals surface area contributed by atoms with E-state index in [-0.39, 0.29) is 18.8 Å². The summed E-state index contributed by atoms with van der Waals surface area (Å²) in [5.74, 6) is -1.98. The van der Waals surface area contributed by atoms with Gasteiger partial charge in [-0.15, -0.1) is 0 Å². The van der Waals surface area contributed by atoms with E-state index in [0.29, 0.717) is 6.61 Å². The third-order valence-electron chi connectivity index (χ3n) is 5.22. The summed E-state index contributed by atoms with van der Waals surface area (Å²) in [5, 5.41) is 10.7. The van der Waals surface area contributed by atoms with Crippen molar-refractivity contribution >= 4 is 17.9 Å². The van der Waals surface area contributed by atoms with Gasteiger partial charge < -0.3 is 43.0 Å². The molecule has 4 saturated heterocycles. The van der Waals surface area contributed by atoms with E-state index >= 15 is 0 Å². The predicted octanol–water partition coefficient (Wildman–Crippen LogP) is -1.59. The Labute approximate surface area is 171 Å². The number of rotatable bonds is 6. The maximum absolute atomic E-state index is 11.7. The minimum Gasteiger partial charge on any atom is -0.463 e. The van der Waals surface area contributed by atoms with Gasteiger partial charge in [0.2, 0.25) is 0 Å². The van der Waals surface area contributed by atoms with Crippen molar-refractivity contribution in [3.63, 3.8) is 0 Å². The fourth-order valence-corrected chi connectivity index (χ4v) is 3.92. The first-order chi connectivity index (χ1) is 14.2. The van der Waals surface area contributed by atoms with Crippen LogP contribution in [0.1, 0.15) is 20.8 Å². The summed E-state index contributed by atoms with van der Waals surface area (Å²) in [6.45, 7) is 3.49. The van der Waals surface area contributed by atoms with Crippen LogP contribution in [0.4, 0.5) is 0 Å². The summed E-state index contributed by atoms with van der Waals surface area (Å²) in [6.07, 6.45) is -8.38. The molecule has 4 aliphatic heterocycles. The molecule has 4 fully saturated rings. The van der Waals surface area contributed by atoms with Gasteiger partial charge in [0.25, 0.3) is 0 Å². The normalized spacial score (nSPS) is 44.0. The lowest BCUT2D eigenvalue weighted by Crippen LogP contribution is -2.63. The quantitative estimate of drug-likeness (QED) is 0.293. The van der Waals surface area contributed by atoms with Crippen molar-refractivity contribution in [1.29, 1.82) is 0 Å². The van der Waals surface area contributed by atoms with Crippen LogP contribution in [-0.2, 0) is 52.3 Å². The zero-order valence-corrected chi connectivity index (χ0v) is 16.6. The number of esters is 3. The molecule has 0 aromatic rings. The van der Waals surface area contributed by atoms with Gasteiger partial charge in [-0.2, -0.15) is 0 Å². The first kappa shape index (κ1) is 21.4. The molecule has 0 radical (unpaired) electrons. The number of fused-ring (bicyclic) bond motifs is 4. The van der Waals surface area contributed by atoms with Crippen LogP contribution in [-0.4, -0.2) is 97.6 Å². The topological polar surface area (TPSA) is 149 Å². The fraction of sp³-hybridized carbons (Fsp3) is 0.833. The Bertz CT molecular complexity index is 697. The van der Waals surface area contributed by atoms with Crippen molar-refractivity contribution in [1.82, 2.24) is 0 Å². The Morgan fingerprint density at radius 1 is 0.900 bits per heavy atom.